The summed E-state index contributed by atoms with van der Waals surface area (Å²) in [5.74, 6) is -0.113. The second-order valence-electron chi connectivity index (χ2n) is 4.47. The van der Waals surface area contributed by atoms with E-state index >= 15 is 0 Å². The number of benzene rings is 1. The van der Waals surface area contributed by atoms with Crippen molar-refractivity contribution in [1.29, 1.82) is 0 Å². The summed E-state index contributed by atoms with van der Waals surface area (Å²) in [6, 6.07) is 13.3. The van der Waals surface area contributed by atoms with Crippen molar-refractivity contribution in [2.24, 2.45) is 0 Å². The molecular weight excluding hydrogens is 282 g/mol. The molecule has 3 rings (SSSR count). The SMILES string of the molecule is CN(C(=O)c1csc(-c2ccncc2)n1)c1ccccc1. The largest absolute Gasteiger partial charge is 0.310 e. The molecular formula is C16H13N3OS. The summed E-state index contributed by atoms with van der Waals surface area (Å²) in [5.41, 5.74) is 2.27. The minimum atomic E-state index is -0.113. The number of amides is 1. The van der Waals surface area contributed by atoms with Crippen LogP contribution in [0.4, 0.5) is 5.69 Å². The van der Waals surface area contributed by atoms with Crippen molar-refractivity contribution in [3.05, 3.63) is 65.9 Å². The molecule has 0 aliphatic carbocycles. The molecule has 2 heterocycles. The molecule has 2 aromatic heterocycles. The van der Waals surface area contributed by atoms with Gasteiger partial charge in [0.1, 0.15) is 10.7 Å². The second kappa shape index (κ2) is 5.85. The van der Waals surface area contributed by atoms with Gasteiger partial charge < -0.3 is 4.90 Å². The summed E-state index contributed by atoms with van der Waals surface area (Å²) in [7, 11) is 1.75. The maximum Gasteiger partial charge on any atom is 0.277 e. The normalized spacial score (nSPS) is 10.3. The first-order chi connectivity index (χ1) is 10.3. The smallest absolute Gasteiger partial charge is 0.277 e. The summed E-state index contributed by atoms with van der Waals surface area (Å²) >= 11 is 1.46. The molecule has 4 nitrogen and oxygen atoms in total. The topological polar surface area (TPSA) is 46.1 Å². The molecule has 21 heavy (non-hydrogen) atoms. The van der Waals surface area contributed by atoms with Gasteiger partial charge in [0, 0.05) is 36.1 Å². The predicted molar refractivity (Wildman–Crippen MR) is 84.5 cm³/mol. The first-order valence-electron chi connectivity index (χ1n) is 6.45. The molecule has 1 amide bonds. The van der Waals surface area contributed by atoms with Crippen LogP contribution in [0.25, 0.3) is 10.6 Å². The lowest BCUT2D eigenvalue weighted by Crippen LogP contribution is -2.26. The van der Waals surface area contributed by atoms with E-state index in [9.17, 15) is 4.79 Å². The monoisotopic (exact) mass is 295 g/mol. The average molecular weight is 295 g/mol. The van der Waals surface area contributed by atoms with Gasteiger partial charge in [-0.2, -0.15) is 0 Å². The molecule has 0 aliphatic rings. The van der Waals surface area contributed by atoms with E-state index in [4.69, 9.17) is 0 Å². The number of nitrogens with zero attached hydrogens (tertiary/aromatic N) is 3. The highest BCUT2D eigenvalue weighted by atomic mass is 32.1. The van der Waals surface area contributed by atoms with Crippen LogP contribution in [-0.2, 0) is 0 Å². The molecule has 1 aromatic carbocycles. The zero-order valence-electron chi connectivity index (χ0n) is 11.4. The van der Waals surface area contributed by atoms with Crippen LogP contribution in [0.2, 0.25) is 0 Å². The van der Waals surface area contributed by atoms with E-state index in [2.05, 4.69) is 9.97 Å². The average Bonchev–Trinajstić information content (AvgIpc) is 3.05. The van der Waals surface area contributed by atoms with Crippen molar-refractivity contribution in [2.45, 2.75) is 0 Å². The molecule has 0 unspecified atom stereocenters. The number of hydrogen-bond acceptors (Lipinski definition) is 4. The molecule has 0 spiro atoms. The molecule has 0 atom stereocenters. The van der Waals surface area contributed by atoms with Gasteiger partial charge in [0.05, 0.1) is 0 Å². The van der Waals surface area contributed by atoms with Gasteiger partial charge >= 0.3 is 0 Å². The zero-order chi connectivity index (χ0) is 14.7. The Morgan fingerprint density at radius 1 is 1.10 bits per heavy atom. The number of aromatic nitrogens is 2. The number of anilines is 1. The van der Waals surface area contributed by atoms with Crippen LogP contribution in [0, 0.1) is 0 Å². The van der Waals surface area contributed by atoms with E-state index in [0.717, 1.165) is 16.3 Å². The third kappa shape index (κ3) is 2.83. The highest BCUT2D eigenvalue weighted by Gasteiger charge is 2.17. The molecule has 0 N–H and O–H groups in total. The van der Waals surface area contributed by atoms with Gasteiger partial charge in [-0.25, -0.2) is 4.98 Å². The van der Waals surface area contributed by atoms with Gasteiger partial charge in [0.2, 0.25) is 0 Å². The minimum absolute atomic E-state index is 0.113. The Hall–Kier alpha value is -2.53. The van der Waals surface area contributed by atoms with E-state index in [1.54, 1.807) is 29.7 Å². The fourth-order valence-electron chi connectivity index (χ4n) is 1.94. The Labute approximate surface area is 126 Å². The maximum absolute atomic E-state index is 12.4. The van der Waals surface area contributed by atoms with Gasteiger partial charge in [-0.05, 0) is 24.3 Å². The van der Waals surface area contributed by atoms with Crippen LogP contribution >= 0.6 is 11.3 Å². The first kappa shape index (κ1) is 13.5. The Morgan fingerprint density at radius 3 is 2.52 bits per heavy atom. The molecule has 0 saturated heterocycles. The quantitative estimate of drug-likeness (QED) is 0.743. The van der Waals surface area contributed by atoms with Crippen LogP contribution in [0.15, 0.2) is 60.2 Å². The molecule has 5 heteroatoms. The molecule has 0 saturated carbocycles. The van der Waals surface area contributed by atoms with Crippen molar-refractivity contribution < 1.29 is 4.79 Å². The minimum Gasteiger partial charge on any atom is -0.310 e. The Kier molecular flexibility index (Phi) is 3.75. The lowest BCUT2D eigenvalue weighted by molar-refractivity contribution is 0.0989. The van der Waals surface area contributed by atoms with Crippen molar-refractivity contribution in [3.63, 3.8) is 0 Å². The molecule has 3 aromatic rings. The number of rotatable bonds is 3. The van der Waals surface area contributed by atoms with E-state index in [0.29, 0.717) is 5.69 Å². The van der Waals surface area contributed by atoms with Crippen molar-refractivity contribution in [3.8, 4) is 10.6 Å². The summed E-state index contributed by atoms with van der Waals surface area (Å²) in [4.78, 5) is 22.5. The van der Waals surface area contributed by atoms with Gasteiger partial charge in [-0.15, -0.1) is 11.3 Å². The number of carbonyl (C=O) groups is 1. The Balaban J connectivity index is 1.85. The van der Waals surface area contributed by atoms with Gasteiger partial charge in [0.15, 0.2) is 0 Å². The molecule has 0 bridgehead atoms. The molecule has 104 valence electrons. The predicted octanol–water partition coefficient (Wildman–Crippen LogP) is 3.48. The zero-order valence-corrected chi connectivity index (χ0v) is 12.2. The van der Waals surface area contributed by atoms with Crippen molar-refractivity contribution in [2.75, 3.05) is 11.9 Å². The highest BCUT2D eigenvalue weighted by molar-refractivity contribution is 7.13. The Morgan fingerprint density at radius 2 is 1.81 bits per heavy atom. The number of para-hydroxylation sites is 1. The lowest BCUT2D eigenvalue weighted by atomic mass is 10.2. The van der Waals surface area contributed by atoms with Crippen LogP contribution in [0.1, 0.15) is 10.5 Å². The fourth-order valence-corrected chi connectivity index (χ4v) is 2.74. The van der Waals surface area contributed by atoms with Crippen LogP contribution in [-0.4, -0.2) is 22.9 Å². The van der Waals surface area contributed by atoms with E-state index < -0.39 is 0 Å². The van der Waals surface area contributed by atoms with Gasteiger partial charge in [-0.1, -0.05) is 18.2 Å². The van der Waals surface area contributed by atoms with E-state index in [1.807, 2.05) is 42.5 Å². The number of thiazole rings is 1. The third-order valence-electron chi connectivity index (χ3n) is 3.10. The summed E-state index contributed by atoms with van der Waals surface area (Å²) in [6.45, 7) is 0. The summed E-state index contributed by atoms with van der Waals surface area (Å²) in [5, 5.41) is 2.61. The summed E-state index contributed by atoms with van der Waals surface area (Å²) < 4.78 is 0. The van der Waals surface area contributed by atoms with Crippen LogP contribution in [0.5, 0.6) is 0 Å². The van der Waals surface area contributed by atoms with Gasteiger partial charge in [0.25, 0.3) is 5.91 Å². The van der Waals surface area contributed by atoms with E-state index in [1.165, 1.54) is 11.3 Å². The standard InChI is InChI=1S/C16H13N3OS/c1-19(13-5-3-2-4-6-13)16(20)14-11-21-15(18-14)12-7-9-17-10-8-12/h2-11H,1H3. The van der Waals surface area contributed by atoms with Crippen molar-refractivity contribution >= 4 is 22.9 Å². The van der Waals surface area contributed by atoms with Crippen LogP contribution in [0.3, 0.4) is 0 Å². The lowest BCUT2D eigenvalue weighted by Gasteiger charge is -2.15. The highest BCUT2D eigenvalue weighted by Crippen LogP contribution is 2.24. The molecule has 0 aliphatic heterocycles. The number of pyridine rings is 1. The van der Waals surface area contributed by atoms with Gasteiger partial charge in [-0.3, -0.25) is 9.78 Å². The molecule has 0 radical (unpaired) electrons. The second-order valence-corrected chi connectivity index (χ2v) is 5.33. The van der Waals surface area contributed by atoms with Crippen molar-refractivity contribution in [1.82, 2.24) is 9.97 Å². The van der Waals surface area contributed by atoms with Crippen LogP contribution < -0.4 is 4.90 Å². The first-order valence-corrected chi connectivity index (χ1v) is 7.33. The van der Waals surface area contributed by atoms with E-state index in [-0.39, 0.29) is 5.91 Å². The Bertz CT molecular complexity index is 740. The molecule has 0 fully saturated rings. The number of hydrogen-bond donors (Lipinski definition) is 0. The maximum atomic E-state index is 12.4. The summed E-state index contributed by atoms with van der Waals surface area (Å²) in [6.07, 6.45) is 3.43. The fraction of sp³-hybridized carbons (Fsp3) is 0.0625. The third-order valence-corrected chi connectivity index (χ3v) is 3.99. The number of carbonyl (C=O) groups excluding carboxylic acids is 1.